The van der Waals surface area contributed by atoms with E-state index in [0.717, 1.165) is 44.2 Å². The lowest BCUT2D eigenvalue weighted by Crippen LogP contribution is -2.53. The van der Waals surface area contributed by atoms with Crippen molar-refractivity contribution in [3.8, 4) is 5.75 Å². The Balaban J connectivity index is 1.71. The van der Waals surface area contributed by atoms with Crippen LogP contribution in [-0.2, 0) is 32.3 Å². The zero-order chi connectivity index (χ0) is 31.9. The lowest BCUT2D eigenvalue weighted by molar-refractivity contribution is -0.139. The van der Waals surface area contributed by atoms with E-state index in [-0.39, 0.29) is 23.2 Å². The number of halogens is 3. The molecule has 8 nitrogen and oxygen atoms in total. The molecule has 2 amide bonds. The Morgan fingerprint density at radius 3 is 2.23 bits per heavy atom. The van der Waals surface area contributed by atoms with Crippen molar-refractivity contribution < 1.29 is 35.9 Å². The Labute approximate surface area is 255 Å². The summed E-state index contributed by atoms with van der Waals surface area (Å²) in [6.45, 7) is 0.666. The quantitative estimate of drug-likeness (QED) is 0.290. The first-order chi connectivity index (χ1) is 20.9. The molecule has 0 heterocycles. The molecule has 0 spiro atoms. The first kappa shape index (κ1) is 32.8. The molecule has 1 fully saturated rings. The van der Waals surface area contributed by atoms with Gasteiger partial charge in [-0.3, -0.25) is 13.9 Å². The summed E-state index contributed by atoms with van der Waals surface area (Å²) in [5.74, 6) is -0.571. The Bertz CT molecular complexity index is 1530. The molecule has 1 aliphatic rings. The van der Waals surface area contributed by atoms with E-state index < -0.39 is 46.2 Å². The number of hydrogen-bond acceptors (Lipinski definition) is 5. The maximum Gasteiger partial charge on any atom is 0.416 e. The Morgan fingerprint density at radius 2 is 1.61 bits per heavy atom. The second-order valence-corrected chi connectivity index (χ2v) is 12.6. The van der Waals surface area contributed by atoms with E-state index in [1.165, 1.54) is 42.3 Å². The molecule has 1 N–H and O–H groups in total. The van der Waals surface area contributed by atoms with Crippen LogP contribution in [0.5, 0.6) is 5.75 Å². The SMILES string of the molecule is COc1ccc(CN(C(=O)CN(c2cccc(C(F)(F)F)c2)S(=O)(=O)c2ccccc2)[C@@H](C)C(=O)NC2CCCCC2)cc1. The largest absolute Gasteiger partial charge is 0.497 e. The number of benzene rings is 3. The van der Waals surface area contributed by atoms with Crippen molar-refractivity contribution >= 4 is 27.5 Å². The molecule has 3 aromatic carbocycles. The summed E-state index contributed by atoms with van der Waals surface area (Å²) in [6, 6.07) is 16.8. The number of nitrogens with zero attached hydrogens (tertiary/aromatic N) is 2. The molecule has 1 aliphatic carbocycles. The summed E-state index contributed by atoms with van der Waals surface area (Å²) in [5, 5.41) is 3.01. The highest BCUT2D eigenvalue weighted by atomic mass is 32.2. The Hall–Kier alpha value is -4.06. The van der Waals surface area contributed by atoms with Gasteiger partial charge in [-0.2, -0.15) is 13.2 Å². The third-order valence-corrected chi connectivity index (χ3v) is 9.49. The number of anilines is 1. The van der Waals surface area contributed by atoms with Crippen molar-refractivity contribution in [2.45, 2.75) is 68.7 Å². The standard InChI is InChI=1S/C32H36F3N3O5S/c1-23(31(40)36-26-11-5-3-6-12-26)37(21-24-16-18-28(43-2)19-17-24)30(39)22-38(44(41,42)29-14-7-4-8-15-29)27-13-9-10-25(20-27)32(33,34)35/h4,7-10,13-20,23,26H,3,5-6,11-12,21-22H2,1-2H3,(H,36,40)/t23-/m0/s1. The lowest BCUT2D eigenvalue weighted by Gasteiger charge is -2.33. The van der Waals surface area contributed by atoms with Crippen molar-refractivity contribution in [2.24, 2.45) is 0 Å². The number of amides is 2. The fraction of sp³-hybridized carbons (Fsp3) is 0.375. The van der Waals surface area contributed by atoms with Crippen LogP contribution in [0.25, 0.3) is 0 Å². The predicted molar refractivity (Wildman–Crippen MR) is 160 cm³/mol. The molecule has 3 aromatic rings. The number of hydrogen-bond donors (Lipinski definition) is 1. The van der Waals surface area contributed by atoms with Crippen LogP contribution >= 0.6 is 0 Å². The summed E-state index contributed by atoms with van der Waals surface area (Å²) in [4.78, 5) is 28.5. The van der Waals surface area contributed by atoms with Gasteiger partial charge >= 0.3 is 6.18 Å². The molecule has 0 radical (unpaired) electrons. The van der Waals surface area contributed by atoms with Crippen molar-refractivity contribution in [2.75, 3.05) is 18.0 Å². The summed E-state index contributed by atoms with van der Waals surface area (Å²) in [5.41, 5.74) is -0.750. The summed E-state index contributed by atoms with van der Waals surface area (Å²) in [7, 11) is -2.98. The first-order valence-corrected chi connectivity index (χ1v) is 15.8. The minimum absolute atomic E-state index is 0.0308. The smallest absolute Gasteiger partial charge is 0.416 e. The van der Waals surface area contributed by atoms with E-state index in [0.29, 0.717) is 21.7 Å². The van der Waals surface area contributed by atoms with Gasteiger partial charge < -0.3 is 15.0 Å². The van der Waals surface area contributed by atoms with Gasteiger partial charge in [-0.25, -0.2) is 8.42 Å². The van der Waals surface area contributed by atoms with Crippen molar-refractivity contribution in [1.29, 1.82) is 0 Å². The highest BCUT2D eigenvalue weighted by Gasteiger charge is 2.35. The number of rotatable bonds is 11. The minimum atomic E-state index is -4.74. The molecule has 4 rings (SSSR count). The number of carbonyl (C=O) groups excluding carboxylic acids is 2. The van der Waals surface area contributed by atoms with Gasteiger partial charge in [0.1, 0.15) is 18.3 Å². The number of alkyl halides is 3. The average Bonchev–Trinajstić information content (AvgIpc) is 3.02. The van der Waals surface area contributed by atoms with E-state index in [9.17, 15) is 31.2 Å². The van der Waals surface area contributed by atoms with Gasteiger partial charge in [0.05, 0.1) is 23.3 Å². The highest BCUT2D eigenvalue weighted by molar-refractivity contribution is 7.92. The summed E-state index contributed by atoms with van der Waals surface area (Å²) >= 11 is 0. The zero-order valence-electron chi connectivity index (χ0n) is 24.6. The van der Waals surface area contributed by atoms with Crippen LogP contribution in [0.15, 0.2) is 83.8 Å². The molecule has 0 aromatic heterocycles. The van der Waals surface area contributed by atoms with Gasteiger partial charge in [-0.15, -0.1) is 0 Å². The molecule has 0 unspecified atom stereocenters. The van der Waals surface area contributed by atoms with Gasteiger partial charge in [0.25, 0.3) is 10.0 Å². The van der Waals surface area contributed by atoms with Gasteiger partial charge in [-0.1, -0.05) is 55.7 Å². The van der Waals surface area contributed by atoms with Crippen LogP contribution in [0.1, 0.15) is 50.2 Å². The van der Waals surface area contributed by atoms with E-state index >= 15 is 0 Å². The normalized spacial score (nSPS) is 14.8. The molecular formula is C32H36F3N3O5S. The summed E-state index contributed by atoms with van der Waals surface area (Å²) in [6.07, 6.45) is -0.0408. The second kappa shape index (κ2) is 14.1. The van der Waals surface area contributed by atoms with E-state index in [1.54, 1.807) is 37.3 Å². The molecule has 0 aliphatic heterocycles. The average molecular weight is 632 g/mol. The molecule has 1 saturated carbocycles. The van der Waals surface area contributed by atoms with Crippen LogP contribution in [0, 0.1) is 0 Å². The van der Waals surface area contributed by atoms with E-state index in [2.05, 4.69) is 5.32 Å². The van der Waals surface area contributed by atoms with E-state index in [1.807, 2.05) is 0 Å². The molecule has 1 atom stereocenters. The molecule has 0 saturated heterocycles. The fourth-order valence-corrected chi connectivity index (χ4v) is 6.59. The molecule has 44 heavy (non-hydrogen) atoms. The lowest BCUT2D eigenvalue weighted by atomic mass is 9.95. The number of sulfonamides is 1. The first-order valence-electron chi connectivity index (χ1n) is 14.4. The molecule has 0 bridgehead atoms. The third kappa shape index (κ3) is 8.10. The Kier molecular flexibility index (Phi) is 10.6. The summed E-state index contributed by atoms with van der Waals surface area (Å²) < 4.78 is 74.4. The highest BCUT2D eigenvalue weighted by Crippen LogP contribution is 2.33. The monoisotopic (exact) mass is 631 g/mol. The van der Waals surface area contributed by atoms with Crippen LogP contribution < -0.4 is 14.4 Å². The Morgan fingerprint density at radius 1 is 0.955 bits per heavy atom. The molecule has 12 heteroatoms. The number of carbonyl (C=O) groups is 2. The number of methoxy groups -OCH3 is 1. The second-order valence-electron chi connectivity index (χ2n) is 10.8. The topological polar surface area (TPSA) is 96.0 Å². The number of nitrogens with one attached hydrogen (secondary N) is 1. The van der Waals surface area contributed by atoms with Crippen molar-refractivity contribution in [3.63, 3.8) is 0 Å². The molecular weight excluding hydrogens is 595 g/mol. The van der Waals surface area contributed by atoms with Crippen LogP contribution in [0.2, 0.25) is 0 Å². The van der Waals surface area contributed by atoms with E-state index in [4.69, 9.17) is 4.74 Å². The minimum Gasteiger partial charge on any atom is -0.497 e. The van der Waals surface area contributed by atoms with Crippen LogP contribution in [0.4, 0.5) is 18.9 Å². The van der Waals surface area contributed by atoms with Gasteiger partial charge in [0.2, 0.25) is 11.8 Å². The van der Waals surface area contributed by atoms with Gasteiger partial charge in [-0.05, 0) is 67.8 Å². The fourth-order valence-electron chi connectivity index (χ4n) is 5.16. The van der Waals surface area contributed by atoms with Gasteiger partial charge in [0, 0.05) is 12.6 Å². The zero-order valence-corrected chi connectivity index (χ0v) is 25.4. The van der Waals surface area contributed by atoms with Crippen molar-refractivity contribution in [1.82, 2.24) is 10.2 Å². The van der Waals surface area contributed by atoms with Crippen LogP contribution in [0.3, 0.4) is 0 Å². The van der Waals surface area contributed by atoms with Crippen molar-refractivity contribution in [3.05, 3.63) is 90.0 Å². The number of ether oxygens (including phenoxy) is 1. The van der Waals surface area contributed by atoms with Gasteiger partial charge in [0.15, 0.2) is 0 Å². The van der Waals surface area contributed by atoms with Crippen LogP contribution in [-0.4, -0.2) is 50.9 Å². The maximum absolute atomic E-state index is 14.0. The molecule has 236 valence electrons. The third-order valence-electron chi connectivity index (χ3n) is 7.70. The maximum atomic E-state index is 14.0. The predicted octanol–water partition coefficient (Wildman–Crippen LogP) is 5.78.